The second kappa shape index (κ2) is 14.6. The number of pyridine rings is 2. The lowest BCUT2D eigenvalue weighted by Crippen LogP contribution is -2.34. The molecule has 0 unspecified atom stereocenters. The van der Waals surface area contributed by atoms with Gasteiger partial charge in [0.05, 0.1) is 16.1 Å². The SMILES string of the molecule is C[Si](C)(Cc1ccc(/C=C/c2ccc[nH+]c2)cc1)Cc1cccc(C[Si](C)(C)Cc2ccc(/C=C/c3ccc[nH+]c3)cc2)c1. The molecule has 222 valence electrons. The lowest BCUT2D eigenvalue weighted by molar-refractivity contribution is -0.378. The van der Waals surface area contributed by atoms with Gasteiger partial charge < -0.3 is 0 Å². The van der Waals surface area contributed by atoms with Crippen LogP contribution in [-0.2, 0) is 24.2 Å². The fourth-order valence-electron chi connectivity index (χ4n) is 6.08. The van der Waals surface area contributed by atoms with Gasteiger partial charge in [-0.25, -0.2) is 9.97 Å². The Bertz CT molecular complexity index is 1550. The summed E-state index contributed by atoms with van der Waals surface area (Å²) in [5, 5.41) is 0. The third-order valence-electron chi connectivity index (χ3n) is 8.08. The standard InChI is InChI=1S/C40H44N2Si2/c1-43(2,29-37-20-14-33(15-21-37)12-18-35-10-6-24-41-27-35)31-39-8-5-9-40(26-39)32-44(3,4)30-38-22-16-34(17-23-38)13-19-36-11-7-25-42-28-36/h5-28H,29-32H2,1-4H3/p+2/b18-12+,19-13+. The van der Waals surface area contributed by atoms with E-state index < -0.39 is 16.1 Å². The van der Waals surface area contributed by atoms with Crippen LogP contribution in [-0.4, -0.2) is 16.1 Å². The van der Waals surface area contributed by atoms with Gasteiger partial charge in [-0.2, -0.15) is 0 Å². The number of hydrogen-bond donors (Lipinski definition) is 0. The topological polar surface area (TPSA) is 28.3 Å². The second-order valence-electron chi connectivity index (χ2n) is 13.7. The van der Waals surface area contributed by atoms with E-state index in [1.54, 1.807) is 0 Å². The van der Waals surface area contributed by atoms with Gasteiger partial charge in [-0.05, 0) is 59.6 Å². The number of nitrogens with one attached hydrogen (secondary N) is 2. The van der Waals surface area contributed by atoms with Gasteiger partial charge in [0.1, 0.15) is 0 Å². The lowest BCUT2D eigenvalue weighted by atomic mass is 10.1. The van der Waals surface area contributed by atoms with Crippen molar-refractivity contribution in [1.82, 2.24) is 0 Å². The number of aromatic nitrogens is 2. The van der Waals surface area contributed by atoms with E-state index >= 15 is 0 Å². The van der Waals surface area contributed by atoms with E-state index in [9.17, 15) is 0 Å². The Morgan fingerprint density at radius 3 is 1.20 bits per heavy atom. The molecule has 5 aromatic rings. The zero-order valence-electron chi connectivity index (χ0n) is 26.7. The van der Waals surface area contributed by atoms with Crippen LogP contribution in [0.4, 0.5) is 0 Å². The molecule has 0 aliphatic rings. The summed E-state index contributed by atoms with van der Waals surface area (Å²) >= 11 is 0. The van der Waals surface area contributed by atoms with Crippen molar-refractivity contribution in [1.29, 1.82) is 0 Å². The average Bonchev–Trinajstić information content (AvgIpc) is 3.01. The third kappa shape index (κ3) is 9.97. The molecular weight excluding hydrogens is 565 g/mol. The number of hydrogen-bond acceptors (Lipinski definition) is 0. The maximum Gasteiger partial charge on any atom is 0.174 e. The summed E-state index contributed by atoms with van der Waals surface area (Å²) in [6, 6.07) is 40.9. The van der Waals surface area contributed by atoms with Gasteiger partial charge in [0.2, 0.25) is 0 Å². The molecule has 0 aliphatic heterocycles. The van der Waals surface area contributed by atoms with E-state index in [-0.39, 0.29) is 0 Å². The number of aromatic amines is 2. The second-order valence-corrected chi connectivity index (χ2v) is 23.7. The molecule has 0 fully saturated rings. The van der Waals surface area contributed by atoms with Crippen molar-refractivity contribution in [2.75, 3.05) is 0 Å². The van der Waals surface area contributed by atoms with E-state index in [2.05, 4.69) is 145 Å². The van der Waals surface area contributed by atoms with Gasteiger partial charge in [-0.1, -0.05) is 133 Å². The van der Waals surface area contributed by atoms with Gasteiger partial charge in [-0.3, -0.25) is 0 Å². The summed E-state index contributed by atoms with van der Waals surface area (Å²) in [5.74, 6) is 0. The maximum atomic E-state index is 3.14. The molecule has 0 saturated heterocycles. The summed E-state index contributed by atoms with van der Waals surface area (Å²) in [6.45, 7) is 10.1. The molecule has 0 bridgehead atoms. The minimum absolute atomic E-state index is 1.18. The molecule has 2 aromatic heterocycles. The van der Waals surface area contributed by atoms with Crippen molar-refractivity contribution in [2.24, 2.45) is 0 Å². The quantitative estimate of drug-likeness (QED) is 0.126. The molecule has 0 saturated carbocycles. The van der Waals surface area contributed by atoms with Crippen LogP contribution in [0.1, 0.15) is 44.5 Å². The number of rotatable bonds is 12. The molecule has 0 spiro atoms. The molecule has 4 heteroatoms. The van der Waals surface area contributed by atoms with Crippen molar-refractivity contribution in [2.45, 2.75) is 50.4 Å². The van der Waals surface area contributed by atoms with Crippen LogP contribution in [0.5, 0.6) is 0 Å². The normalized spacial score (nSPS) is 12.3. The Kier molecular flexibility index (Phi) is 10.4. The first kappa shape index (κ1) is 31.3. The molecule has 0 amide bonds. The highest BCUT2D eigenvalue weighted by atomic mass is 28.3. The van der Waals surface area contributed by atoms with Gasteiger partial charge in [0.15, 0.2) is 24.8 Å². The fraction of sp³-hybridized carbons (Fsp3) is 0.200. The molecule has 0 atom stereocenters. The highest BCUT2D eigenvalue weighted by molar-refractivity contribution is 6.76. The molecular formula is C40H46N2Si2+2. The maximum absolute atomic E-state index is 3.14. The highest BCUT2D eigenvalue weighted by Crippen LogP contribution is 2.23. The molecule has 2 heterocycles. The molecule has 5 rings (SSSR count). The Balaban J connectivity index is 1.15. The minimum atomic E-state index is -1.47. The number of benzene rings is 3. The molecule has 2 N–H and O–H groups in total. The van der Waals surface area contributed by atoms with Crippen LogP contribution in [0.3, 0.4) is 0 Å². The van der Waals surface area contributed by atoms with Crippen LogP contribution in [0.25, 0.3) is 24.3 Å². The fourth-order valence-corrected chi connectivity index (χ4v) is 11.7. The summed E-state index contributed by atoms with van der Waals surface area (Å²) in [5.41, 5.74) is 10.8. The predicted octanol–water partition coefficient (Wildman–Crippen LogP) is 8.80. The highest BCUT2D eigenvalue weighted by Gasteiger charge is 2.24. The zero-order chi connectivity index (χ0) is 30.8. The first-order chi connectivity index (χ1) is 21.2. The molecule has 44 heavy (non-hydrogen) atoms. The summed E-state index contributed by atoms with van der Waals surface area (Å²) < 4.78 is 0. The van der Waals surface area contributed by atoms with E-state index in [0.29, 0.717) is 0 Å². The van der Waals surface area contributed by atoms with Crippen LogP contribution in [0.2, 0.25) is 26.2 Å². The van der Waals surface area contributed by atoms with Gasteiger partial charge in [0.25, 0.3) is 0 Å². The van der Waals surface area contributed by atoms with E-state index in [1.807, 2.05) is 36.9 Å². The van der Waals surface area contributed by atoms with Crippen molar-refractivity contribution in [3.8, 4) is 0 Å². The van der Waals surface area contributed by atoms with Crippen molar-refractivity contribution in [3.05, 3.63) is 166 Å². The Hall–Kier alpha value is -4.13. The molecule has 0 aliphatic carbocycles. The summed E-state index contributed by atoms with van der Waals surface area (Å²) in [7, 11) is -2.94. The van der Waals surface area contributed by atoms with Crippen molar-refractivity contribution >= 4 is 40.5 Å². The zero-order valence-corrected chi connectivity index (χ0v) is 28.7. The predicted molar refractivity (Wildman–Crippen MR) is 193 cm³/mol. The largest absolute Gasteiger partial charge is 0.217 e. The van der Waals surface area contributed by atoms with Crippen LogP contribution in [0, 0.1) is 0 Å². The van der Waals surface area contributed by atoms with E-state index in [1.165, 1.54) is 68.7 Å². The van der Waals surface area contributed by atoms with Gasteiger partial charge in [-0.15, -0.1) is 0 Å². The molecule has 3 aromatic carbocycles. The van der Waals surface area contributed by atoms with Crippen LogP contribution < -0.4 is 9.97 Å². The first-order valence-electron chi connectivity index (χ1n) is 15.8. The van der Waals surface area contributed by atoms with Crippen molar-refractivity contribution < 1.29 is 9.97 Å². The van der Waals surface area contributed by atoms with E-state index in [4.69, 9.17) is 0 Å². The Morgan fingerprint density at radius 1 is 0.432 bits per heavy atom. The first-order valence-corrected chi connectivity index (χ1v) is 22.6. The van der Waals surface area contributed by atoms with Gasteiger partial charge in [0, 0.05) is 23.3 Å². The summed E-state index contributed by atoms with van der Waals surface area (Å²) in [6.07, 6.45) is 16.6. The monoisotopic (exact) mass is 610 g/mol. The molecule has 2 nitrogen and oxygen atoms in total. The Labute approximate surface area is 266 Å². The smallest absolute Gasteiger partial charge is 0.174 e. The molecule has 0 radical (unpaired) electrons. The average molecular weight is 611 g/mol. The third-order valence-corrected chi connectivity index (χ3v) is 13.5. The van der Waals surface area contributed by atoms with Crippen molar-refractivity contribution in [3.63, 3.8) is 0 Å². The van der Waals surface area contributed by atoms with Gasteiger partial charge >= 0.3 is 0 Å². The van der Waals surface area contributed by atoms with Crippen LogP contribution in [0.15, 0.2) is 122 Å². The van der Waals surface area contributed by atoms with E-state index in [0.717, 1.165) is 0 Å². The summed E-state index contributed by atoms with van der Waals surface area (Å²) in [4.78, 5) is 6.28. The number of H-pyrrole nitrogens is 2. The Morgan fingerprint density at radius 2 is 0.818 bits per heavy atom. The minimum Gasteiger partial charge on any atom is -0.217 e. The van der Waals surface area contributed by atoms with Crippen LogP contribution >= 0.6 is 0 Å². The lowest BCUT2D eigenvalue weighted by Gasteiger charge is -2.25.